The van der Waals surface area contributed by atoms with E-state index in [0.29, 0.717) is 0 Å². The van der Waals surface area contributed by atoms with Crippen LogP contribution in [0.15, 0.2) is 30.3 Å². The third kappa shape index (κ3) is 2.50. The topological polar surface area (TPSA) is 46.5 Å². The molecule has 1 saturated heterocycles. The third-order valence-corrected chi connectivity index (χ3v) is 3.54. The van der Waals surface area contributed by atoms with Crippen molar-refractivity contribution in [1.82, 2.24) is 0 Å². The number of carbonyl (C=O) groups excluding carboxylic acids is 1. The smallest absolute Gasteiger partial charge is 0.311 e. The van der Waals surface area contributed by atoms with Crippen molar-refractivity contribution in [2.24, 2.45) is 11.8 Å². The number of ether oxygens (including phenoxy) is 1. The number of aliphatic hydroxyl groups is 1. The minimum Gasteiger partial charge on any atom is -0.462 e. The molecule has 3 nitrogen and oxygen atoms in total. The first kappa shape index (κ1) is 12.1. The van der Waals surface area contributed by atoms with E-state index in [1.54, 1.807) is 6.92 Å². The van der Waals surface area contributed by atoms with Crippen LogP contribution in [-0.2, 0) is 16.0 Å². The van der Waals surface area contributed by atoms with Crippen LogP contribution < -0.4 is 0 Å². The van der Waals surface area contributed by atoms with Crippen molar-refractivity contribution in [3.05, 3.63) is 35.9 Å². The second kappa shape index (κ2) is 4.88. The highest BCUT2D eigenvalue weighted by molar-refractivity contribution is 5.73. The summed E-state index contributed by atoms with van der Waals surface area (Å²) >= 11 is 0. The van der Waals surface area contributed by atoms with Gasteiger partial charge in [-0.05, 0) is 25.8 Å². The van der Waals surface area contributed by atoms with Crippen LogP contribution in [0.2, 0.25) is 0 Å². The highest BCUT2D eigenvalue weighted by atomic mass is 16.5. The fraction of sp³-hybridized carbons (Fsp3) is 0.500. The summed E-state index contributed by atoms with van der Waals surface area (Å²) in [5, 5.41) is 10.1. The van der Waals surface area contributed by atoms with E-state index in [2.05, 4.69) is 0 Å². The number of hydrogen-bond donors (Lipinski definition) is 1. The van der Waals surface area contributed by atoms with Crippen LogP contribution in [0.3, 0.4) is 0 Å². The number of benzene rings is 1. The Labute approximate surface area is 101 Å². The second-order valence-corrected chi connectivity index (χ2v) is 4.77. The van der Waals surface area contributed by atoms with Crippen molar-refractivity contribution in [2.45, 2.75) is 32.5 Å². The van der Waals surface area contributed by atoms with E-state index in [1.165, 1.54) is 0 Å². The molecule has 1 aliphatic heterocycles. The molecule has 1 fully saturated rings. The normalized spacial score (nSPS) is 33.2. The maximum absolute atomic E-state index is 11.4. The number of aliphatic hydroxyl groups excluding tert-OH is 1. The van der Waals surface area contributed by atoms with Crippen molar-refractivity contribution >= 4 is 5.97 Å². The van der Waals surface area contributed by atoms with Gasteiger partial charge >= 0.3 is 5.97 Å². The average molecular weight is 234 g/mol. The summed E-state index contributed by atoms with van der Waals surface area (Å²) in [6.45, 7) is 3.57. The Kier molecular flexibility index (Phi) is 3.48. The number of esters is 1. The monoisotopic (exact) mass is 234 g/mol. The Morgan fingerprint density at radius 1 is 1.24 bits per heavy atom. The van der Waals surface area contributed by atoms with Crippen molar-refractivity contribution in [2.75, 3.05) is 0 Å². The molecule has 0 bridgehead atoms. The SMILES string of the molecule is C[C@H]1OC(=O)[C@H](C)[C@@H](O)[C@@H]1Cc1ccccc1. The second-order valence-electron chi connectivity index (χ2n) is 4.77. The highest BCUT2D eigenvalue weighted by Gasteiger charge is 2.40. The van der Waals surface area contributed by atoms with Crippen molar-refractivity contribution < 1.29 is 14.6 Å². The molecule has 1 aromatic rings. The third-order valence-electron chi connectivity index (χ3n) is 3.54. The first-order chi connectivity index (χ1) is 8.09. The minimum atomic E-state index is -0.619. The van der Waals surface area contributed by atoms with Gasteiger partial charge in [-0.1, -0.05) is 30.3 Å². The summed E-state index contributed by atoms with van der Waals surface area (Å²) in [7, 11) is 0. The average Bonchev–Trinajstić information content (AvgIpc) is 2.33. The summed E-state index contributed by atoms with van der Waals surface area (Å²) in [4.78, 5) is 11.4. The Morgan fingerprint density at radius 2 is 1.88 bits per heavy atom. The summed E-state index contributed by atoms with van der Waals surface area (Å²) in [5.41, 5.74) is 1.16. The van der Waals surface area contributed by atoms with E-state index in [9.17, 15) is 9.90 Å². The number of carbonyl (C=O) groups is 1. The van der Waals surface area contributed by atoms with Crippen LogP contribution in [-0.4, -0.2) is 23.3 Å². The van der Waals surface area contributed by atoms with E-state index < -0.39 is 12.0 Å². The van der Waals surface area contributed by atoms with Gasteiger partial charge in [0.15, 0.2) is 0 Å². The maximum atomic E-state index is 11.4. The van der Waals surface area contributed by atoms with Gasteiger partial charge in [-0.2, -0.15) is 0 Å². The molecule has 92 valence electrons. The summed E-state index contributed by atoms with van der Waals surface area (Å²) in [6, 6.07) is 9.98. The Morgan fingerprint density at radius 3 is 2.53 bits per heavy atom. The molecule has 0 saturated carbocycles. The highest BCUT2D eigenvalue weighted by Crippen LogP contribution is 2.29. The molecule has 0 unspecified atom stereocenters. The molecule has 0 aliphatic carbocycles. The van der Waals surface area contributed by atoms with Crippen LogP contribution >= 0.6 is 0 Å². The predicted molar refractivity (Wildman–Crippen MR) is 64.4 cm³/mol. The van der Waals surface area contributed by atoms with Crippen LogP contribution in [0.1, 0.15) is 19.4 Å². The summed E-state index contributed by atoms with van der Waals surface area (Å²) in [6.07, 6.45) is -0.110. The van der Waals surface area contributed by atoms with Gasteiger partial charge in [0, 0.05) is 5.92 Å². The van der Waals surface area contributed by atoms with Crippen LogP contribution in [0.4, 0.5) is 0 Å². The Bertz CT molecular complexity index is 388. The van der Waals surface area contributed by atoms with Gasteiger partial charge in [0.1, 0.15) is 6.10 Å². The lowest BCUT2D eigenvalue weighted by Gasteiger charge is -2.36. The molecular weight excluding hydrogens is 216 g/mol. The van der Waals surface area contributed by atoms with E-state index in [-0.39, 0.29) is 18.0 Å². The molecule has 1 heterocycles. The van der Waals surface area contributed by atoms with E-state index in [1.807, 2.05) is 37.3 Å². The molecule has 1 N–H and O–H groups in total. The zero-order chi connectivity index (χ0) is 12.4. The standard InChI is InChI=1S/C14H18O3/c1-9-13(15)12(10(2)17-14(9)16)8-11-6-4-3-5-7-11/h3-7,9-10,12-13,15H,8H2,1-2H3/t9-,10-,12-,13-/m1/s1. The molecular formula is C14H18O3. The lowest BCUT2D eigenvalue weighted by molar-refractivity contribution is -0.176. The van der Waals surface area contributed by atoms with Crippen LogP contribution in [0.5, 0.6) is 0 Å². The minimum absolute atomic E-state index is 0.0231. The van der Waals surface area contributed by atoms with Crippen molar-refractivity contribution in [3.63, 3.8) is 0 Å². The molecule has 0 radical (unpaired) electrons. The molecule has 3 heteroatoms. The molecule has 1 aliphatic rings. The quantitative estimate of drug-likeness (QED) is 0.793. The van der Waals surface area contributed by atoms with Gasteiger partial charge in [-0.3, -0.25) is 4.79 Å². The van der Waals surface area contributed by atoms with Gasteiger partial charge < -0.3 is 9.84 Å². The van der Waals surface area contributed by atoms with E-state index in [0.717, 1.165) is 12.0 Å². The molecule has 1 aromatic carbocycles. The van der Waals surface area contributed by atoms with Gasteiger partial charge in [0.05, 0.1) is 12.0 Å². The molecule has 2 rings (SSSR count). The van der Waals surface area contributed by atoms with E-state index in [4.69, 9.17) is 4.74 Å². The van der Waals surface area contributed by atoms with Crippen LogP contribution in [0.25, 0.3) is 0 Å². The van der Waals surface area contributed by atoms with Gasteiger partial charge in [0.25, 0.3) is 0 Å². The lowest BCUT2D eigenvalue weighted by Crippen LogP contribution is -2.47. The fourth-order valence-corrected chi connectivity index (χ4v) is 2.34. The molecule has 0 spiro atoms. The largest absolute Gasteiger partial charge is 0.462 e. The molecule has 17 heavy (non-hydrogen) atoms. The number of cyclic esters (lactones) is 1. The lowest BCUT2D eigenvalue weighted by atomic mass is 9.82. The van der Waals surface area contributed by atoms with Gasteiger partial charge in [-0.15, -0.1) is 0 Å². The number of hydrogen-bond acceptors (Lipinski definition) is 3. The first-order valence-corrected chi connectivity index (χ1v) is 6.02. The van der Waals surface area contributed by atoms with Crippen molar-refractivity contribution in [1.29, 1.82) is 0 Å². The predicted octanol–water partition coefficient (Wildman–Crippen LogP) is 1.79. The number of rotatable bonds is 2. The Balaban J connectivity index is 2.12. The zero-order valence-corrected chi connectivity index (χ0v) is 10.2. The summed E-state index contributed by atoms with van der Waals surface area (Å²) < 4.78 is 5.25. The maximum Gasteiger partial charge on any atom is 0.311 e. The summed E-state index contributed by atoms with van der Waals surface area (Å²) in [5.74, 6) is -0.751. The van der Waals surface area contributed by atoms with Crippen molar-refractivity contribution in [3.8, 4) is 0 Å². The molecule has 0 amide bonds. The van der Waals surface area contributed by atoms with Crippen LogP contribution in [0, 0.1) is 11.8 Å². The van der Waals surface area contributed by atoms with Gasteiger partial charge in [-0.25, -0.2) is 0 Å². The Hall–Kier alpha value is -1.35. The molecule has 4 atom stereocenters. The zero-order valence-electron chi connectivity index (χ0n) is 10.2. The van der Waals surface area contributed by atoms with E-state index >= 15 is 0 Å². The fourth-order valence-electron chi connectivity index (χ4n) is 2.34. The molecule has 0 aromatic heterocycles. The first-order valence-electron chi connectivity index (χ1n) is 6.02. The van der Waals surface area contributed by atoms with Gasteiger partial charge in [0.2, 0.25) is 0 Å².